The molecular weight excluding hydrogens is 387 g/mol. The molecule has 0 aliphatic carbocycles. The lowest BCUT2D eigenvalue weighted by Gasteiger charge is -2.30. The molecule has 3 rings (SSSR count). The zero-order chi connectivity index (χ0) is 19.2. The number of hydrogen-bond donors (Lipinski definition) is 1. The van der Waals surface area contributed by atoms with Gasteiger partial charge in [-0.1, -0.05) is 48.3 Å². The number of halogens is 2. The van der Waals surface area contributed by atoms with Crippen LogP contribution in [0.1, 0.15) is 13.3 Å². The van der Waals surface area contributed by atoms with E-state index in [2.05, 4.69) is 17.1 Å². The average Bonchev–Trinajstić information content (AvgIpc) is 2.68. The second-order valence-corrected chi connectivity index (χ2v) is 7.10. The molecule has 0 aromatic heterocycles. The van der Waals surface area contributed by atoms with Crippen molar-refractivity contribution < 1.29 is 14.3 Å². The van der Waals surface area contributed by atoms with Gasteiger partial charge in [0.2, 0.25) is 5.91 Å². The maximum absolute atomic E-state index is 12.3. The molecule has 1 atom stereocenters. The van der Waals surface area contributed by atoms with E-state index >= 15 is 0 Å². The Morgan fingerprint density at radius 2 is 1.85 bits per heavy atom. The van der Waals surface area contributed by atoms with Crippen molar-refractivity contribution in [3.8, 4) is 11.5 Å². The molecular formula is C20H22Cl2N2O3. The van der Waals surface area contributed by atoms with Crippen molar-refractivity contribution >= 4 is 34.8 Å². The number of amides is 1. The molecule has 5 nitrogen and oxygen atoms in total. The minimum Gasteiger partial charge on any atom is -0.486 e. The lowest BCUT2D eigenvalue weighted by molar-refractivity contribution is -0.116. The van der Waals surface area contributed by atoms with E-state index < -0.39 is 0 Å². The monoisotopic (exact) mass is 408 g/mol. The predicted molar refractivity (Wildman–Crippen MR) is 108 cm³/mol. The number of anilines is 1. The number of rotatable bonds is 7. The van der Waals surface area contributed by atoms with E-state index in [1.54, 1.807) is 18.2 Å². The molecule has 0 unspecified atom stereocenters. The lowest BCUT2D eigenvalue weighted by Crippen LogP contribution is -2.41. The normalized spacial score (nSPS) is 15.6. The number of nitrogens with one attached hydrogen (secondary N) is 1. The summed E-state index contributed by atoms with van der Waals surface area (Å²) in [6.45, 7) is 4.65. The number of likely N-dealkylation sites (N-methyl/N-ethyl adjacent to an activating group) is 1. The summed E-state index contributed by atoms with van der Waals surface area (Å²) < 4.78 is 11.7. The Kier molecular flexibility index (Phi) is 6.83. The molecule has 0 fully saturated rings. The maximum atomic E-state index is 12.3. The Labute approximate surface area is 169 Å². The van der Waals surface area contributed by atoms with Crippen LogP contribution in [0.2, 0.25) is 10.0 Å². The van der Waals surface area contributed by atoms with Gasteiger partial charge in [0.05, 0.1) is 15.7 Å². The van der Waals surface area contributed by atoms with Crippen LogP contribution in [-0.2, 0) is 4.79 Å². The zero-order valence-corrected chi connectivity index (χ0v) is 16.6. The fraction of sp³-hybridized carbons (Fsp3) is 0.350. The molecule has 1 amide bonds. The first-order valence-electron chi connectivity index (χ1n) is 8.91. The molecule has 1 N–H and O–H groups in total. The zero-order valence-electron chi connectivity index (χ0n) is 15.1. The number of ether oxygens (including phenoxy) is 2. The highest BCUT2D eigenvalue weighted by atomic mass is 35.5. The maximum Gasteiger partial charge on any atom is 0.225 e. The van der Waals surface area contributed by atoms with Crippen LogP contribution in [0.5, 0.6) is 11.5 Å². The Balaban J connectivity index is 1.50. The largest absolute Gasteiger partial charge is 0.486 e. The van der Waals surface area contributed by atoms with Gasteiger partial charge in [-0.3, -0.25) is 9.69 Å². The molecule has 0 radical (unpaired) electrons. The van der Waals surface area contributed by atoms with Crippen LogP contribution in [-0.4, -0.2) is 43.2 Å². The third kappa shape index (κ3) is 5.28. The quantitative estimate of drug-likeness (QED) is 0.733. The molecule has 2 aromatic rings. The smallest absolute Gasteiger partial charge is 0.225 e. The second-order valence-electron chi connectivity index (χ2n) is 6.29. The molecule has 1 aliphatic rings. The molecule has 0 saturated heterocycles. The minimum atomic E-state index is -0.130. The summed E-state index contributed by atoms with van der Waals surface area (Å²) in [4.78, 5) is 14.4. The van der Waals surface area contributed by atoms with Gasteiger partial charge in [0.25, 0.3) is 0 Å². The summed E-state index contributed by atoms with van der Waals surface area (Å²) in [5, 5.41) is 3.64. The molecule has 1 heterocycles. The van der Waals surface area contributed by atoms with E-state index in [0.717, 1.165) is 18.0 Å². The summed E-state index contributed by atoms with van der Waals surface area (Å²) in [6, 6.07) is 12.8. The first-order chi connectivity index (χ1) is 13.1. The van der Waals surface area contributed by atoms with Gasteiger partial charge >= 0.3 is 0 Å². The van der Waals surface area contributed by atoms with Crippen molar-refractivity contribution in [3.05, 3.63) is 52.5 Å². The van der Waals surface area contributed by atoms with Crippen molar-refractivity contribution in [1.82, 2.24) is 4.90 Å². The number of benzene rings is 2. The van der Waals surface area contributed by atoms with Gasteiger partial charge in [-0.2, -0.15) is 0 Å². The lowest BCUT2D eigenvalue weighted by atomic mass is 10.2. The summed E-state index contributed by atoms with van der Waals surface area (Å²) in [5.41, 5.74) is 0.453. The van der Waals surface area contributed by atoms with Gasteiger partial charge < -0.3 is 14.8 Å². The third-order valence-electron chi connectivity index (χ3n) is 4.36. The number of hydrogen-bond acceptors (Lipinski definition) is 4. The van der Waals surface area contributed by atoms with Gasteiger partial charge in [0.1, 0.15) is 12.7 Å². The van der Waals surface area contributed by atoms with Crippen LogP contribution in [0.15, 0.2) is 42.5 Å². The first kappa shape index (κ1) is 19.8. The van der Waals surface area contributed by atoms with Crippen LogP contribution < -0.4 is 14.8 Å². The van der Waals surface area contributed by atoms with E-state index in [4.69, 9.17) is 32.7 Å². The molecule has 1 aliphatic heterocycles. The fourth-order valence-electron chi connectivity index (χ4n) is 2.90. The Morgan fingerprint density at radius 1 is 1.15 bits per heavy atom. The highest BCUT2D eigenvalue weighted by Crippen LogP contribution is 2.31. The van der Waals surface area contributed by atoms with Crippen LogP contribution in [0.4, 0.5) is 5.69 Å². The number of carbonyl (C=O) groups is 1. The number of nitrogens with zero attached hydrogens (tertiary/aromatic N) is 1. The van der Waals surface area contributed by atoms with Crippen LogP contribution in [0, 0.1) is 0 Å². The molecule has 0 saturated carbocycles. The van der Waals surface area contributed by atoms with Crippen LogP contribution in [0.25, 0.3) is 0 Å². The predicted octanol–water partition coefficient (Wildman–Crippen LogP) is 4.48. The fourth-order valence-corrected chi connectivity index (χ4v) is 3.39. The van der Waals surface area contributed by atoms with Crippen molar-refractivity contribution in [2.75, 3.05) is 31.6 Å². The Bertz CT molecular complexity index is 780. The number of carbonyl (C=O) groups excluding carboxylic acids is 1. The minimum absolute atomic E-state index is 0.0686. The van der Waals surface area contributed by atoms with E-state index in [0.29, 0.717) is 41.8 Å². The average molecular weight is 409 g/mol. The van der Waals surface area contributed by atoms with Crippen LogP contribution >= 0.6 is 23.2 Å². The summed E-state index contributed by atoms with van der Waals surface area (Å²) >= 11 is 12.2. The van der Waals surface area contributed by atoms with Gasteiger partial charge in [0, 0.05) is 19.5 Å². The van der Waals surface area contributed by atoms with E-state index in [1.165, 1.54) is 0 Å². The van der Waals surface area contributed by atoms with E-state index in [-0.39, 0.29) is 12.0 Å². The molecule has 144 valence electrons. The van der Waals surface area contributed by atoms with Gasteiger partial charge in [-0.05, 0) is 30.8 Å². The van der Waals surface area contributed by atoms with Gasteiger partial charge in [-0.15, -0.1) is 0 Å². The molecule has 27 heavy (non-hydrogen) atoms. The van der Waals surface area contributed by atoms with Crippen molar-refractivity contribution in [1.29, 1.82) is 0 Å². The SMILES string of the molecule is CCN(CCC(=O)Nc1c(Cl)cccc1Cl)C[C@@H]1COc2ccccc2O1. The summed E-state index contributed by atoms with van der Waals surface area (Å²) in [7, 11) is 0. The Hall–Kier alpha value is -1.95. The third-order valence-corrected chi connectivity index (χ3v) is 4.99. The van der Waals surface area contributed by atoms with E-state index in [1.807, 2.05) is 24.3 Å². The standard InChI is InChI=1S/C20H22Cl2N2O3/c1-2-24(12-14-13-26-17-8-3-4-9-18(17)27-14)11-10-19(25)23-20-15(21)6-5-7-16(20)22/h3-9,14H,2,10-13H2,1H3,(H,23,25)/t14-/m1/s1. The van der Waals surface area contributed by atoms with Crippen molar-refractivity contribution in [3.63, 3.8) is 0 Å². The van der Waals surface area contributed by atoms with Crippen molar-refractivity contribution in [2.24, 2.45) is 0 Å². The van der Waals surface area contributed by atoms with Gasteiger partial charge in [0.15, 0.2) is 11.5 Å². The summed E-state index contributed by atoms with van der Waals surface area (Å²) in [6.07, 6.45) is 0.264. The second kappa shape index (κ2) is 9.31. The molecule has 0 bridgehead atoms. The summed E-state index contributed by atoms with van der Waals surface area (Å²) in [5.74, 6) is 1.40. The Morgan fingerprint density at radius 3 is 2.56 bits per heavy atom. The van der Waals surface area contributed by atoms with Crippen LogP contribution in [0.3, 0.4) is 0 Å². The van der Waals surface area contributed by atoms with Gasteiger partial charge in [-0.25, -0.2) is 0 Å². The van der Waals surface area contributed by atoms with E-state index in [9.17, 15) is 4.79 Å². The molecule has 0 spiro atoms. The number of para-hydroxylation sites is 3. The van der Waals surface area contributed by atoms with Crippen molar-refractivity contribution in [2.45, 2.75) is 19.4 Å². The highest BCUT2D eigenvalue weighted by molar-refractivity contribution is 6.39. The molecule has 2 aromatic carbocycles. The number of fused-ring (bicyclic) bond motifs is 1. The highest BCUT2D eigenvalue weighted by Gasteiger charge is 2.23. The first-order valence-corrected chi connectivity index (χ1v) is 9.67. The topological polar surface area (TPSA) is 50.8 Å². The molecule has 7 heteroatoms.